The first kappa shape index (κ1) is 28.3. The van der Waals surface area contributed by atoms with Crippen molar-refractivity contribution in [2.24, 2.45) is 23.7 Å². The van der Waals surface area contributed by atoms with Crippen LogP contribution in [0.4, 0.5) is 0 Å². The van der Waals surface area contributed by atoms with Crippen molar-refractivity contribution in [2.75, 3.05) is 6.61 Å². The maximum atomic E-state index is 13.2. The van der Waals surface area contributed by atoms with Crippen LogP contribution >= 0.6 is 0 Å². The van der Waals surface area contributed by atoms with Gasteiger partial charge < -0.3 is 25.6 Å². The van der Waals surface area contributed by atoms with Crippen LogP contribution in [0.2, 0.25) is 0 Å². The Balaban J connectivity index is 2.04. The van der Waals surface area contributed by atoms with E-state index in [1.807, 2.05) is 13.8 Å². The number of amides is 2. The molecular formula is C26H44N2O6. The molecule has 8 heteroatoms. The van der Waals surface area contributed by atoms with Crippen molar-refractivity contribution in [2.45, 2.75) is 103 Å². The molecule has 2 rings (SSSR count). The first-order valence-electron chi connectivity index (χ1n) is 12.9. The highest BCUT2D eigenvalue weighted by molar-refractivity contribution is 5.93. The fourth-order valence-electron chi connectivity index (χ4n) is 4.91. The number of ether oxygens (including phenoxy) is 1. The molecule has 0 aromatic heterocycles. The van der Waals surface area contributed by atoms with Gasteiger partial charge in [-0.3, -0.25) is 14.4 Å². The van der Waals surface area contributed by atoms with Crippen LogP contribution in [0.5, 0.6) is 0 Å². The highest BCUT2D eigenvalue weighted by atomic mass is 16.5. The third-order valence-corrected chi connectivity index (χ3v) is 6.91. The number of esters is 1. The molecule has 6 atom stereocenters. The Morgan fingerprint density at radius 2 is 1.76 bits per heavy atom. The van der Waals surface area contributed by atoms with E-state index in [-0.39, 0.29) is 30.8 Å². The summed E-state index contributed by atoms with van der Waals surface area (Å²) in [6, 6.07) is -1.47. The summed E-state index contributed by atoms with van der Waals surface area (Å²) in [7, 11) is 0. The lowest BCUT2D eigenvalue weighted by Gasteiger charge is -2.33. The van der Waals surface area contributed by atoms with E-state index in [1.54, 1.807) is 13.0 Å². The summed E-state index contributed by atoms with van der Waals surface area (Å²) in [5.74, 6) is -1.53. The fourth-order valence-corrected chi connectivity index (χ4v) is 4.91. The third-order valence-electron chi connectivity index (χ3n) is 6.91. The monoisotopic (exact) mass is 480 g/mol. The minimum Gasteiger partial charge on any atom is -0.466 e. The summed E-state index contributed by atoms with van der Waals surface area (Å²) >= 11 is 0. The van der Waals surface area contributed by atoms with Crippen molar-refractivity contribution in [3.05, 3.63) is 12.7 Å². The van der Waals surface area contributed by atoms with Gasteiger partial charge in [0, 0.05) is 0 Å². The minimum absolute atomic E-state index is 0.203. The topological polar surface area (TPSA) is 125 Å². The molecule has 0 heterocycles. The predicted octanol–water partition coefficient (Wildman–Crippen LogP) is 2.47. The molecule has 4 N–H and O–H groups in total. The largest absolute Gasteiger partial charge is 0.466 e. The Hall–Kier alpha value is -1.93. The average Bonchev–Trinajstić information content (AvgIpc) is 3.59. The number of carbonyl (C=O) groups excluding carboxylic acids is 3. The van der Waals surface area contributed by atoms with E-state index < -0.39 is 42.0 Å². The first-order chi connectivity index (χ1) is 16.2. The van der Waals surface area contributed by atoms with Gasteiger partial charge in [0.15, 0.2) is 0 Å². The van der Waals surface area contributed by atoms with E-state index in [9.17, 15) is 24.6 Å². The van der Waals surface area contributed by atoms with E-state index >= 15 is 0 Å². The predicted molar refractivity (Wildman–Crippen MR) is 130 cm³/mol. The molecule has 2 unspecified atom stereocenters. The Labute approximate surface area is 203 Å². The lowest BCUT2D eigenvalue weighted by atomic mass is 9.82. The van der Waals surface area contributed by atoms with Crippen molar-refractivity contribution in [3.63, 3.8) is 0 Å². The number of aliphatic hydroxyl groups is 2. The Morgan fingerprint density at radius 3 is 2.35 bits per heavy atom. The highest BCUT2D eigenvalue weighted by Crippen LogP contribution is 2.39. The third kappa shape index (κ3) is 8.69. The molecular weight excluding hydrogens is 436 g/mol. The fraction of sp³-hybridized carbons (Fsp3) is 0.808. The summed E-state index contributed by atoms with van der Waals surface area (Å²) in [6.07, 6.45) is 6.73. The molecule has 0 aromatic carbocycles. The zero-order chi connectivity index (χ0) is 25.3. The molecule has 34 heavy (non-hydrogen) atoms. The second-order valence-electron chi connectivity index (χ2n) is 10.3. The van der Waals surface area contributed by atoms with Crippen LogP contribution in [-0.4, -0.2) is 58.9 Å². The van der Waals surface area contributed by atoms with Crippen LogP contribution in [0.3, 0.4) is 0 Å². The van der Waals surface area contributed by atoms with E-state index in [1.165, 1.54) is 6.42 Å². The van der Waals surface area contributed by atoms with Gasteiger partial charge in [0.1, 0.15) is 12.1 Å². The summed E-state index contributed by atoms with van der Waals surface area (Å²) in [5.41, 5.74) is 0. The molecule has 0 spiro atoms. The number of nitrogens with one attached hydrogen (secondary N) is 2. The average molecular weight is 481 g/mol. The van der Waals surface area contributed by atoms with Gasteiger partial charge in [-0.15, -0.1) is 6.58 Å². The van der Waals surface area contributed by atoms with E-state index in [0.717, 1.165) is 25.7 Å². The normalized spacial score (nSPS) is 23.9. The zero-order valence-corrected chi connectivity index (χ0v) is 21.0. The van der Waals surface area contributed by atoms with Gasteiger partial charge in [-0.2, -0.15) is 0 Å². The van der Waals surface area contributed by atoms with Crippen LogP contribution in [-0.2, 0) is 19.1 Å². The molecule has 0 aromatic rings. The van der Waals surface area contributed by atoms with E-state index in [4.69, 9.17) is 4.74 Å². The van der Waals surface area contributed by atoms with Crippen molar-refractivity contribution in [3.8, 4) is 0 Å². The smallest absolute Gasteiger partial charge is 0.309 e. The minimum atomic E-state index is -1.09. The number of hydrogen-bond acceptors (Lipinski definition) is 6. The molecule has 0 bridgehead atoms. The van der Waals surface area contributed by atoms with Gasteiger partial charge >= 0.3 is 5.97 Å². The van der Waals surface area contributed by atoms with Crippen LogP contribution in [0.25, 0.3) is 0 Å². The lowest BCUT2D eigenvalue weighted by molar-refractivity contribution is -0.146. The standard InChI is InChI=1S/C26H44N2O6/c1-5-10-20(27-24(31)18-15-19(18)26(33)34-6-2)25(32)28-21(14-17-11-8-7-9-12-17)23(30)22(29)13-16(3)4/h5,16-23,29-30H,1,6-15H2,2-4H3,(H,27,31)(H,28,32)/t18?,19?,20-,21-,22-,23+/m0/s1. The number of carbonyl (C=O) groups is 3. The number of rotatable bonds is 14. The molecule has 2 amide bonds. The zero-order valence-electron chi connectivity index (χ0n) is 21.0. The van der Waals surface area contributed by atoms with Crippen molar-refractivity contribution < 1.29 is 29.3 Å². The Morgan fingerprint density at radius 1 is 1.09 bits per heavy atom. The summed E-state index contributed by atoms with van der Waals surface area (Å²) in [5, 5.41) is 27.1. The molecule has 0 saturated heterocycles. The lowest BCUT2D eigenvalue weighted by Crippen LogP contribution is -2.55. The number of hydrogen-bond donors (Lipinski definition) is 4. The van der Waals surface area contributed by atoms with Gasteiger partial charge in [0.05, 0.1) is 30.6 Å². The van der Waals surface area contributed by atoms with E-state index in [0.29, 0.717) is 25.2 Å². The second kappa shape index (κ2) is 13.8. The van der Waals surface area contributed by atoms with Crippen LogP contribution in [0.15, 0.2) is 12.7 Å². The quantitative estimate of drug-likeness (QED) is 0.224. The van der Waals surface area contributed by atoms with Gasteiger partial charge in [0.25, 0.3) is 0 Å². The molecule has 2 aliphatic rings. The molecule has 2 saturated carbocycles. The number of aliphatic hydroxyl groups excluding tert-OH is 2. The van der Waals surface area contributed by atoms with Gasteiger partial charge in [-0.05, 0) is 44.4 Å². The maximum absolute atomic E-state index is 13.2. The second-order valence-corrected chi connectivity index (χ2v) is 10.3. The highest BCUT2D eigenvalue weighted by Gasteiger charge is 2.49. The van der Waals surface area contributed by atoms with E-state index in [2.05, 4.69) is 17.2 Å². The Bertz CT molecular complexity index is 691. The molecule has 2 fully saturated rings. The van der Waals surface area contributed by atoms with Crippen LogP contribution in [0, 0.1) is 23.7 Å². The maximum Gasteiger partial charge on any atom is 0.309 e. The molecule has 0 radical (unpaired) electrons. The summed E-state index contributed by atoms with van der Waals surface area (Å²) in [4.78, 5) is 37.7. The van der Waals surface area contributed by atoms with Crippen molar-refractivity contribution in [1.82, 2.24) is 10.6 Å². The molecule has 194 valence electrons. The Kier molecular flexibility index (Phi) is 11.5. The molecule has 0 aliphatic heterocycles. The summed E-state index contributed by atoms with van der Waals surface area (Å²) < 4.78 is 4.98. The molecule has 2 aliphatic carbocycles. The van der Waals surface area contributed by atoms with Crippen LogP contribution < -0.4 is 10.6 Å². The van der Waals surface area contributed by atoms with Gasteiger partial charge in [-0.1, -0.05) is 52.0 Å². The van der Waals surface area contributed by atoms with Gasteiger partial charge in [-0.25, -0.2) is 0 Å². The van der Waals surface area contributed by atoms with Crippen LogP contribution in [0.1, 0.15) is 78.6 Å². The summed E-state index contributed by atoms with van der Waals surface area (Å²) in [6.45, 7) is 9.62. The van der Waals surface area contributed by atoms with Gasteiger partial charge in [0.2, 0.25) is 11.8 Å². The van der Waals surface area contributed by atoms with Crippen molar-refractivity contribution in [1.29, 1.82) is 0 Å². The first-order valence-corrected chi connectivity index (χ1v) is 12.9. The SMILES string of the molecule is C=CC[C@H](NC(=O)C1CC1C(=O)OCC)C(=O)N[C@@H](CC1CCCCC1)[C@@H](O)[C@@H](O)CC(C)C. The molecule has 8 nitrogen and oxygen atoms in total. The van der Waals surface area contributed by atoms with Crippen molar-refractivity contribution >= 4 is 17.8 Å².